The predicted molar refractivity (Wildman–Crippen MR) is 116 cm³/mol. The molecule has 2 aromatic rings. The number of amides is 2. The molecule has 29 heavy (non-hydrogen) atoms. The first-order chi connectivity index (χ1) is 14.1. The first kappa shape index (κ1) is 19.6. The smallest absolute Gasteiger partial charge is 0.261 e. The van der Waals surface area contributed by atoms with E-state index in [9.17, 15) is 9.59 Å². The van der Waals surface area contributed by atoms with Gasteiger partial charge >= 0.3 is 0 Å². The van der Waals surface area contributed by atoms with Gasteiger partial charge in [0.2, 0.25) is 0 Å². The van der Waals surface area contributed by atoms with E-state index in [0.717, 1.165) is 45.6 Å². The third-order valence-corrected chi connectivity index (χ3v) is 6.27. The number of fused-ring (bicyclic) bond motifs is 1. The molecule has 4 rings (SSSR count). The number of anilines is 1. The monoisotopic (exact) mass is 391 g/mol. The molecule has 2 aliphatic heterocycles. The summed E-state index contributed by atoms with van der Waals surface area (Å²) in [5, 5.41) is 0. The number of benzene rings is 2. The Labute approximate surface area is 172 Å². The number of imide groups is 1. The van der Waals surface area contributed by atoms with Crippen LogP contribution in [0.4, 0.5) is 5.69 Å². The Morgan fingerprint density at radius 3 is 2.03 bits per heavy atom. The molecule has 0 saturated carbocycles. The number of nitrogens with zero attached hydrogens (tertiary/aromatic N) is 3. The molecule has 2 heterocycles. The van der Waals surface area contributed by atoms with Crippen LogP contribution in [-0.2, 0) is 0 Å². The van der Waals surface area contributed by atoms with E-state index in [4.69, 9.17) is 0 Å². The van der Waals surface area contributed by atoms with Crippen molar-refractivity contribution < 1.29 is 9.59 Å². The van der Waals surface area contributed by atoms with Crippen molar-refractivity contribution in [2.75, 3.05) is 44.2 Å². The maximum Gasteiger partial charge on any atom is 0.261 e. The minimum absolute atomic E-state index is 0.146. The van der Waals surface area contributed by atoms with Gasteiger partial charge < -0.3 is 4.90 Å². The number of hydrogen-bond acceptors (Lipinski definition) is 4. The van der Waals surface area contributed by atoms with Crippen LogP contribution in [0.15, 0.2) is 42.5 Å². The minimum atomic E-state index is -0.146. The summed E-state index contributed by atoms with van der Waals surface area (Å²) in [5.41, 5.74) is 5.16. The SMILES string of the molecule is Cc1cccc(N2CCN(CCCCN3C(=O)c4ccccc4C3=O)CC2)c1C. The maximum atomic E-state index is 12.4. The van der Waals surface area contributed by atoms with Gasteiger partial charge in [0.1, 0.15) is 0 Å². The minimum Gasteiger partial charge on any atom is -0.369 e. The molecular weight excluding hydrogens is 362 g/mol. The van der Waals surface area contributed by atoms with Crippen LogP contribution in [0.5, 0.6) is 0 Å². The van der Waals surface area contributed by atoms with Crippen LogP contribution in [-0.4, -0.2) is 60.9 Å². The Kier molecular flexibility index (Phi) is 5.67. The summed E-state index contributed by atoms with van der Waals surface area (Å²) in [4.78, 5) is 31.2. The summed E-state index contributed by atoms with van der Waals surface area (Å²) < 4.78 is 0. The van der Waals surface area contributed by atoms with Crippen molar-refractivity contribution in [3.05, 3.63) is 64.7 Å². The Balaban J connectivity index is 1.22. The average Bonchev–Trinajstić information content (AvgIpc) is 2.99. The fourth-order valence-electron chi connectivity index (χ4n) is 4.34. The molecule has 2 aromatic carbocycles. The van der Waals surface area contributed by atoms with Crippen LogP contribution >= 0.6 is 0 Å². The fourth-order valence-corrected chi connectivity index (χ4v) is 4.34. The highest BCUT2D eigenvalue weighted by atomic mass is 16.2. The van der Waals surface area contributed by atoms with E-state index in [1.807, 2.05) is 12.1 Å². The molecule has 2 amide bonds. The van der Waals surface area contributed by atoms with E-state index >= 15 is 0 Å². The highest BCUT2D eigenvalue weighted by Gasteiger charge is 2.34. The molecule has 0 N–H and O–H groups in total. The van der Waals surface area contributed by atoms with Crippen LogP contribution in [0.2, 0.25) is 0 Å². The van der Waals surface area contributed by atoms with E-state index < -0.39 is 0 Å². The third kappa shape index (κ3) is 3.92. The summed E-state index contributed by atoms with van der Waals surface area (Å²) in [7, 11) is 0. The zero-order valence-corrected chi connectivity index (χ0v) is 17.4. The molecule has 0 radical (unpaired) electrons. The predicted octanol–water partition coefficient (Wildman–Crippen LogP) is 3.50. The molecule has 5 heteroatoms. The summed E-state index contributed by atoms with van der Waals surface area (Å²) in [6.45, 7) is 10.1. The van der Waals surface area contributed by atoms with Crippen LogP contribution in [0.25, 0.3) is 0 Å². The zero-order valence-electron chi connectivity index (χ0n) is 17.4. The van der Waals surface area contributed by atoms with Gasteiger partial charge in [-0.15, -0.1) is 0 Å². The number of piperazine rings is 1. The number of carbonyl (C=O) groups is 2. The van der Waals surface area contributed by atoms with Gasteiger partial charge in [-0.05, 0) is 62.6 Å². The van der Waals surface area contributed by atoms with Crippen molar-refractivity contribution in [1.29, 1.82) is 0 Å². The molecule has 0 unspecified atom stereocenters. The number of rotatable bonds is 6. The van der Waals surface area contributed by atoms with E-state index in [1.54, 1.807) is 12.1 Å². The second-order valence-corrected chi connectivity index (χ2v) is 8.06. The van der Waals surface area contributed by atoms with Gasteiger partial charge in [0, 0.05) is 38.4 Å². The average molecular weight is 392 g/mol. The quantitative estimate of drug-likeness (QED) is 0.558. The lowest BCUT2D eigenvalue weighted by Gasteiger charge is -2.37. The molecule has 0 aromatic heterocycles. The normalized spacial score (nSPS) is 17.2. The Morgan fingerprint density at radius 2 is 1.38 bits per heavy atom. The van der Waals surface area contributed by atoms with Gasteiger partial charge in [-0.2, -0.15) is 0 Å². The lowest BCUT2D eigenvalue weighted by molar-refractivity contribution is 0.0650. The van der Waals surface area contributed by atoms with Crippen molar-refractivity contribution in [1.82, 2.24) is 9.80 Å². The largest absolute Gasteiger partial charge is 0.369 e. The topological polar surface area (TPSA) is 43.9 Å². The maximum absolute atomic E-state index is 12.4. The molecule has 152 valence electrons. The second kappa shape index (κ2) is 8.37. The van der Waals surface area contributed by atoms with Crippen LogP contribution in [0.3, 0.4) is 0 Å². The Hall–Kier alpha value is -2.66. The standard InChI is InChI=1S/C24H29N3O2/c1-18-8-7-11-22(19(18)2)26-16-14-25(15-17-26)12-5-6-13-27-23(28)20-9-3-4-10-21(20)24(27)29/h3-4,7-11H,5-6,12-17H2,1-2H3. The summed E-state index contributed by atoms with van der Waals surface area (Å²) in [6, 6.07) is 13.6. The lowest BCUT2D eigenvalue weighted by Crippen LogP contribution is -2.47. The van der Waals surface area contributed by atoms with Crippen LogP contribution in [0.1, 0.15) is 44.7 Å². The fraction of sp³-hybridized carbons (Fsp3) is 0.417. The van der Waals surface area contributed by atoms with Gasteiger partial charge in [-0.3, -0.25) is 19.4 Å². The second-order valence-electron chi connectivity index (χ2n) is 8.06. The van der Waals surface area contributed by atoms with Gasteiger partial charge in [0.25, 0.3) is 11.8 Å². The van der Waals surface area contributed by atoms with Gasteiger partial charge in [-0.25, -0.2) is 0 Å². The van der Waals surface area contributed by atoms with Crippen molar-refractivity contribution in [2.45, 2.75) is 26.7 Å². The highest BCUT2D eigenvalue weighted by molar-refractivity contribution is 6.21. The molecule has 1 saturated heterocycles. The van der Waals surface area contributed by atoms with Gasteiger partial charge in [0.15, 0.2) is 0 Å². The summed E-state index contributed by atoms with van der Waals surface area (Å²) in [6.07, 6.45) is 1.85. The number of hydrogen-bond donors (Lipinski definition) is 0. The third-order valence-electron chi connectivity index (χ3n) is 6.27. The van der Waals surface area contributed by atoms with E-state index in [1.165, 1.54) is 21.7 Å². The molecule has 2 aliphatic rings. The molecule has 5 nitrogen and oxygen atoms in total. The summed E-state index contributed by atoms with van der Waals surface area (Å²) >= 11 is 0. The summed E-state index contributed by atoms with van der Waals surface area (Å²) in [5.74, 6) is -0.291. The molecule has 0 aliphatic carbocycles. The first-order valence-corrected chi connectivity index (χ1v) is 10.5. The van der Waals surface area contributed by atoms with Crippen LogP contribution < -0.4 is 4.90 Å². The van der Waals surface area contributed by atoms with Gasteiger partial charge in [-0.1, -0.05) is 24.3 Å². The lowest BCUT2D eigenvalue weighted by atomic mass is 10.1. The van der Waals surface area contributed by atoms with E-state index in [-0.39, 0.29) is 11.8 Å². The molecular formula is C24H29N3O2. The molecule has 0 atom stereocenters. The van der Waals surface area contributed by atoms with Crippen molar-refractivity contribution in [3.63, 3.8) is 0 Å². The highest BCUT2D eigenvalue weighted by Crippen LogP contribution is 2.24. The van der Waals surface area contributed by atoms with Crippen LogP contribution in [0, 0.1) is 13.8 Å². The number of aryl methyl sites for hydroxylation is 1. The number of carbonyl (C=O) groups excluding carboxylic acids is 2. The zero-order chi connectivity index (χ0) is 20.4. The molecule has 0 spiro atoms. The van der Waals surface area contributed by atoms with E-state index in [0.29, 0.717) is 17.7 Å². The first-order valence-electron chi connectivity index (χ1n) is 10.5. The van der Waals surface area contributed by atoms with Crippen molar-refractivity contribution >= 4 is 17.5 Å². The van der Waals surface area contributed by atoms with Crippen molar-refractivity contribution in [2.24, 2.45) is 0 Å². The van der Waals surface area contributed by atoms with E-state index in [2.05, 4.69) is 41.8 Å². The Morgan fingerprint density at radius 1 is 0.759 bits per heavy atom. The molecule has 1 fully saturated rings. The number of unbranched alkanes of at least 4 members (excludes halogenated alkanes) is 1. The van der Waals surface area contributed by atoms with Crippen molar-refractivity contribution in [3.8, 4) is 0 Å². The Bertz CT molecular complexity index is 881. The molecule has 0 bridgehead atoms. The van der Waals surface area contributed by atoms with Gasteiger partial charge in [0.05, 0.1) is 11.1 Å².